The van der Waals surface area contributed by atoms with Crippen LogP contribution in [0.5, 0.6) is 0 Å². The lowest BCUT2D eigenvalue weighted by atomic mass is 10.0. The fourth-order valence-electron chi connectivity index (χ4n) is 4.33. The van der Waals surface area contributed by atoms with Gasteiger partial charge in [-0.1, -0.05) is 6.07 Å². The summed E-state index contributed by atoms with van der Waals surface area (Å²) in [7, 11) is 0. The number of amides is 1. The van der Waals surface area contributed by atoms with Gasteiger partial charge < -0.3 is 14.6 Å². The zero-order valence-corrected chi connectivity index (χ0v) is 16.4. The summed E-state index contributed by atoms with van der Waals surface area (Å²) in [5.41, 5.74) is 3.20. The molecule has 2 aromatic heterocycles. The molecule has 0 spiro atoms. The van der Waals surface area contributed by atoms with Crippen LogP contribution in [0.2, 0.25) is 0 Å². The van der Waals surface area contributed by atoms with E-state index in [2.05, 4.69) is 19.9 Å². The highest BCUT2D eigenvalue weighted by Gasteiger charge is 2.28. The fraction of sp³-hybridized carbons (Fsp3) is 0.409. The number of nitrogens with zero attached hydrogens (tertiary/aromatic N) is 4. The minimum atomic E-state index is 0.0984. The smallest absolute Gasteiger partial charge is 0.253 e. The lowest BCUT2D eigenvalue weighted by molar-refractivity contribution is 0.00159. The second-order valence-corrected chi connectivity index (χ2v) is 7.70. The van der Waals surface area contributed by atoms with Crippen LogP contribution in [0.1, 0.15) is 23.2 Å². The average Bonchev–Trinajstić information content (AvgIpc) is 3.23. The Hall–Kier alpha value is -2.77. The van der Waals surface area contributed by atoms with Gasteiger partial charge in [0.2, 0.25) is 0 Å². The normalized spacial score (nSPS) is 19.0. The van der Waals surface area contributed by atoms with Crippen LogP contribution >= 0.6 is 0 Å². The van der Waals surface area contributed by atoms with Gasteiger partial charge in [-0.05, 0) is 43.2 Å². The molecule has 1 amide bonds. The Balaban J connectivity index is 1.28. The minimum Gasteiger partial charge on any atom is -0.379 e. The molecule has 2 fully saturated rings. The number of likely N-dealkylation sites (tertiary alicyclic amines) is 1. The summed E-state index contributed by atoms with van der Waals surface area (Å²) >= 11 is 0. The second-order valence-electron chi connectivity index (χ2n) is 7.70. The number of morpholine rings is 1. The molecule has 5 rings (SSSR count). The van der Waals surface area contributed by atoms with Gasteiger partial charge in [-0.2, -0.15) is 0 Å². The molecule has 0 atom stereocenters. The number of aromatic amines is 1. The van der Waals surface area contributed by atoms with Crippen molar-refractivity contribution in [1.29, 1.82) is 0 Å². The molecular weight excluding hydrogens is 366 g/mol. The number of piperidine rings is 1. The van der Waals surface area contributed by atoms with Gasteiger partial charge in [-0.15, -0.1) is 0 Å². The first-order valence-corrected chi connectivity index (χ1v) is 10.3. The number of fused-ring (bicyclic) bond motifs is 1. The molecule has 0 aliphatic carbocycles. The van der Waals surface area contributed by atoms with E-state index in [9.17, 15) is 4.79 Å². The van der Waals surface area contributed by atoms with E-state index in [1.54, 1.807) is 6.20 Å². The SMILES string of the molecule is O=C(c1ccc2nc(-c3ccccn3)[nH]c2c1)N1CCC(N2CCOCC2)CC1. The molecule has 7 nitrogen and oxygen atoms in total. The molecule has 7 heteroatoms. The lowest BCUT2D eigenvalue weighted by Gasteiger charge is -2.40. The number of hydrogen-bond acceptors (Lipinski definition) is 5. The predicted molar refractivity (Wildman–Crippen MR) is 111 cm³/mol. The topological polar surface area (TPSA) is 74.4 Å². The number of nitrogens with one attached hydrogen (secondary N) is 1. The summed E-state index contributed by atoms with van der Waals surface area (Å²) < 4.78 is 5.45. The number of rotatable bonds is 3. The summed E-state index contributed by atoms with van der Waals surface area (Å²) in [5, 5.41) is 0. The number of ether oxygens (including phenoxy) is 1. The third-order valence-corrected chi connectivity index (χ3v) is 5.95. The summed E-state index contributed by atoms with van der Waals surface area (Å²) in [4.78, 5) is 29.8. The molecule has 1 N–H and O–H groups in total. The molecule has 150 valence electrons. The monoisotopic (exact) mass is 391 g/mol. The zero-order valence-electron chi connectivity index (χ0n) is 16.4. The third-order valence-electron chi connectivity index (χ3n) is 5.95. The maximum atomic E-state index is 13.0. The van der Waals surface area contributed by atoms with E-state index in [1.165, 1.54) is 0 Å². The Kier molecular flexibility index (Phi) is 4.99. The van der Waals surface area contributed by atoms with Crippen molar-refractivity contribution in [3.63, 3.8) is 0 Å². The average molecular weight is 391 g/mol. The standard InChI is InChI=1S/C22H25N5O2/c28-22(27-9-6-17(7-10-27)26-11-13-29-14-12-26)16-4-5-18-20(15-16)25-21(24-18)19-3-1-2-8-23-19/h1-5,8,15,17H,6-7,9-14H2,(H,24,25). The van der Waals surface area contributed by atoms with E-state index in [4.69, 9.17) is 4.74 Å². The van der Waals surface area contributed by atoms with Crippen molar-refractivity contribution in [2.24, 2.45) is 0 Å². The van der Waals surface area contributed by atoms with Gasteiger partial charge in [0.05, 0.1) is 24.2 Å². The van der Waals surface area contributed by atoms with Crippen molar-refractivity contribution in [2.45, 2.75) is 18.9 Å². The van der Waals surface area contributed by atoms with Crippen LogP contribution in [-0.4, -0.2) is 76.1 Å². The first-order valence-electron chi connectivity index (χ1n) is 10.3. The molecule has 2 aliphatic heterocycles. The number of H-pyrrole nitrogens is 1. The van der Waals surface area contributed by atoms with E-state index >= 15 is 0 Å². The predicted octanol–water partition coefficient (Wildman–Crippen LogP) is 2.56. The molecule has 2 saturated heterocycles. The molecule has 0 saturated carbocycles. The molecule has 3 aromatic rings. The van der Waals surface area contributed by atoms with Gasteiger partial charge in [-0.3, -0.25) is 14.7 Å². The van der Waals surface area contributed by atoms with Gasteiger partial charge in [0, 0.05) is 44.0 Å². The van der Waals surface area contributed by atoms with Crippen LogP contribution in [0, 0.1) is 0 Å². The number of hydrogen-bond donors (Lipinski definition) is 1. The van der Waals surface area contributed by atoms with E-state index in [-0.39, 0.29) is 5.91 Å². The molecule has 1 aromatic carbocycles. The largest absolute Gasteiger partial charge is 0.379 e. The van der Waals surface area contributed by atoms with E-state index in [0.717, 1.165) is 74.8 Å². The summed E-state index contributed by atoms with van der Waals surface area (Å²) in [6.07, 6.45) is 3.81. The Morgan fingerprint density at radius 2 is 1.90 bits per heavy atom. The summed E-state index contributed by atoms with van der Waals surface area (Å²) in [6.45, 7) is 5.27. The molecule has 0 bridgehead atoms. The number of carbonyl (C=O) groups is 1. The van der Waals surface area contributed by atoms with Crippen molar-refractivity contribution in [3.05, 3.63) is 48.2 Å². The molecular formula is C22H25N5O2. The van der Waals surface area contributed by atoms with Gasteiger partial charge in [0.1, 0.15) is 5.69 Å². The molecule has 0 unspecified atom stereocenters. The van der Waals surface area contributed by atoms with E-state index in [0.29, 0.717) is 11.6 Å². The van der Waals surface area contributed by atoms with Crippen molar-refractivity contribution >= 4 is 16.9 Å². The maximum Gasteiger partial charge on any atom is 0.253 e. The van der Waals surface area contributed by atoms with E-state index < -0.39 is 0 Å². The summed E-state index contributed by atoms with van der Waals surface area (Å²) in [6, 6.07) is 12.0. The van der Waals surface area contributed by atoms with Crippen LogP contribution in [0.3, 0.4) is 0 Å². The van der Waals surface area contributed by atoms with Gasteiger partial charge >= 0.3 is 0 Å². The number of benzene rings is 1. The van der Waals surface area contributed by atoms with Crippen molar-refractivity contribution in [1.82, 2.24) is 24.8 Å². The number of pyridine rings is 1. The highest BCUT2D eigenvalue weighted by molar-refractivity contribution is 5.97. The third kappa shape index (κ3) is 3.75. The molecule has 0 radical (unpaired) electrons. The van der Waals surface area contributed by atoms with Crippen LogP contribution < -0.4 is 0 Å². The molecule has 2 aliphatic rings. The Bertz CT molecular complexity index is 989. The van der Waals surface area contributed by atoms with Crippen LogP contribution in [-0.2, 0) is 4.74 Å². The van der Waals surface area contributed by atoms with Crippen LogP contribution in [0.25, 0.3) is 22.6 Å². The first kappa shape index (κ1) is 18.3. The first-order chi connectivity index (χ1) is 14.3. The van der Waals surface area contributed by atoms with Crippen LogP contribution in [0.4, 0.5) is 0 Å². The Labute approximate surface area is 169 Å². The van der Waals surface area contributed by atoms with Crippen molar-refractivity contribution in [2.75, 3.05) is 39.4 Å². The maximum absolute atomic E-state index is 13.0. The fourth-order valence-corrected chi connectivity index (χ4v) is 4.33. The zero-order chi connectivity index (χ0) is 19.6. The van der Waals surface area contributed by atoms with Gasteiger partial charge in [0.25, 0.3) is 5.91 Å². The van der Waals surface area contributed by atoms with Gasteiger partial charge in [0.15, 0.2) is 5.82 Å². The molecule has 29 heavy (non-hydrogen) atoms. The number of carbonyl (C=O) groups excluding carboxylic acids is 1. The van der Waals surface area contributed by atoms with Gasteiger partial charge in [-0.25, -0.2) is 4.98 Å². The highest BCUT2D eigenvalue weighted by Crippen LogP contribution is 2.23. The van der Waals surface area contributed by atoms with Crippen LogP contribution in [0.15, 0.2) is 42.6 Å². The highest BCUT2D eigenvalue weighted by atomic mass is 16.5. The summed E-state index contributed by atoms with van der Waals surface area (Å²) in [5.74, 6) is 0.817. The second kappa shape index (κ2) is 7.93. The Morgan fingerprint density at radius 1 is 1.07 bits per heavy atom. The van der Waals surface area contributed by atoms with Crippen molar-refractivity contribution in [3.8, 4) is 11.5 Å². The number of imidazole rings is 1. The molecule has 4 heterocycles. The minimum absolute atomic E-state index is 0.0984. The number of aromatic nitrogens is 3. The lowest BCUT2D eigenvalue weighted by Crippen LogP contribution is -2.50. The Morgan fingerprint density at radius 3 is 2.66 bits per heavy atom. The van der Waals surface area contributed by atoms with E-state index in [1.807, 2.05) is 41.3 Å². The van der Waals surface area contributed by atoms with Crippen molar-refractivity contribution < 1.29 is 9.53 Å². The quantitative estimate of drug-likeness (QED) is 0.743.